The topological polar surface area (TPSA) is 86.7 Å². The molecule has 7 heteroatoms. The number of benzene rings is 1. The Morgan fingerprint density at radius 1 is 1.30 bits per heavy atom. The first-order valence-electron chi connectivity index (χ1n) is 9.15. The minimum atomic E-state index is -4.76. The van der Waals surface area contributed by atoms with E-state index in [1.807, 2.05) is 6.07 Å². The smallest absolute Gasteiger partial charge is 0.716 e. The largest absolute Gasteiger partial charge is 1.00 e. The van der Waals surface area contributed by atoms with E-state index in [9.17, 15) is 18.1 Å². The summed E-state index contributed by atoms with van der Waals surface area (Å²) in [5.41, 5.74) is 1.03. The number of hydrogen-bond donors (Lipinski definition) is 1. The fourth-order valence-electron chi connectivity index (χ4n) is 5.98. The van der Waals surface area contributed by atoms with Gasteiger partial charge in [0.2, 0.25) is 0 Å². The van der Waals surface area contributed by atoms with Gasteiger partial charge < -0.3 is 13.8 Å². The summed E-state index contributed by atoms with van der Waals surface area (Å²) in [4.78, 5) is 0. The fourth-order valence-corrected chi connectivity index (χ4v) is 6.32. The summed E-state index contributed by atoms with van der Waals surface area (Å²) in [6, 6.07) is 5.15. The molecule has 0 radical (unpaired) electrons. The first kappa shape index (κ1) is 21.2. The van der Waals surface area contributed by atoms with Crippen LogP contribution in [0.3, 0.4) is 0 Å². The molecular weight excluding hydrogens is 375 g/mol. The molecule has 5 nitrogen and oxygen atoms in total. The Kier molecular flexibility index (Phi) is 5.53. The molecule has 2 fully saturated rings. The van der Waals surface area contributed by atoms with Crippen molar-refractivity contribution in [2.24, 2.45) is 17.3 Å². The van der Waals surface area contributed by atoms with Gasteiger partial charge in [0.1, 0.15) is 11.4 Å². The summed E-state index contributed by atoms with van der Waals surface area (Å²) in [7, 11) is -4.76. The monoisotopic (exact) mass is 398 g/mol. The molecule has 0 aromatic heterocycles. The Balaban J connectivity index is 0.00000210. The van der Waals surface area contributed by atoms with Gasteiger partial charge in [0.25, 0.3) is 10.4 Å². The van der Waals surface area contributed by atoms with Crippen molar-refractivity contribution in [3.8, 4) is 18.1 Å². The zero-order chi connectivity index (χ0) is 18.7. The molecule has 0 spiro atoms. The van der Waals surface area contributed by atoms with Crippen LogP contribution < -0.4 is 33.7 Å². The van der Waals surface area contributed by atoms with Crippen LogP contribution in [0.15, 0.2) is 18.2 Å². The van der Waals surface area contributed by atoms with Crippen molar-refractivity contribution in [3.05, 3.63) is 29.3 Å². The van der Waals surface area contributed by atoms with Crippen LogP contribution in [0.5, 0.6) is 5.75 Å². The van der Waals surface area contributed by atoms with E-state index in [0.717, 1.165) is 37.7 Å². The van der Waals surface area contributed by atoms with Crippen molar-refractivity contribution in [1.82, 2.24) is 0 Å². The second-order valence-electron chi connectivity index (χ2n) is 8.27. The second-order valence-corrected chi connectivity index (χ2v) is 9.25. The predicted molar refractivity (Wildman–Crippen MR) is 95.2 cm³/mol. The average Bonchev–Trinajstić information content (AvgIpc) is 2.85. The molecule has 27 heavy (non-hydrogen) atoms. The Hall–Kier alpha value is -0.550. The zero-order valence-electron chi connectivity index (χ0n) is 15.8. The molecule has 3 aliphatic rings. The zero-order valence-corrected chi connectivity index (χ0v) is 18.6. The Labute approximate surface area is 183 Å². The number of aliphatic hydroxyl groups is 1. The standard InChI is InChI=1S/C20H24O5S.Na/c1-3-20(21)11-9-18-17-6-4-13-12-14(25-26(22,23)24)5-7-15(13)16(17)8-10-19(18,20)2;/h1,5,7,12,16-18,21H,4,6,8-11H2,2H3,(H,22,23,24);/q;+1/p-1. The number of aryl methyl sites for hydroxylation is 1. The van der Waals surface area contributed by atoms with Gasteiger partial charge in [0, 0.05) is 5.41 Å². The van der Waals surface area contributed by atoms with Crippen LogP contribution in [0.2, 0.25) is 0 Å². The molecule has 1 aromatic rings. The summed E-state index contributed by atoms with van der Waals surface area (Å²) in [6.07, 6.45) is 10.9. The minimum absolute atomic E-state index is 0. The van der Waals surface area contributed by atoms with Gasteiger partial charge in [-0.15, -0.1) is 6.42 Å². The molecule has 0 amide bonds. The van der Waals surface area contributed by atoms with E-state index < -0.39 is 16.0 Å². The molecule has 0 aliphatic heterocycles. The average molecular weight is 398 g/mol. The molecule has 5 unspecified atom stereocenters. The van der Waals surface area contributed by atoms with Crippen LogP contribution in [0.1, 0.15) is 56.1 Å². The maximum absolute atomic E-state index is 10.9. The molecule has 0 bridgehead atoms. The van der Waals surface area contributed by atoms with Gasteiger partial charge in [-0.2, -0.15) is 0 Å². The van der Waals surface area contributed by atoms with Gasteiger partial charge in [0.05, 0.1) is 0 Å². The molecule has 140 valence electrons. The molecule has 1 aromatic carbocycles. The van der Waals surface area contributed by atoms with Crippen LogP contribution in [-0.2, 0) is 16.8 Å². The Morgan fingerprint density at radius 3 is 2.70 bits per heavy atom. The number of hydrogen-bond acceptors (Lipinski definition) is 5. The summed E-state index contributed by atoms with van der Waals surface area (Å²) in [5.74, 6) is 4.01. The number of terminal acetylenes is 1. The van der Waals surface area contributed by atoms with E-state index in [1.165, 1.54) is 5.56 Å². The Bertz CT molecular complexity index is 892. The van der Waals surface area contributed by atoms with Crippen molar-refractivity contribution in [2.45, 2.75) is 57.0 Å². The third kappa shape index (κ3) is 3.37. The normalized spacial score (nSPS) is 37.2. The van der Waals surface area contributed by atoms with Crippen LogP contribution >= 0.6 is 0 Å². The fraction of sp³-hybridized carbons (Fsp3) is 0.600. The van der Waals surface area contributed by atoms with Crippen molar-refractivity contribution in [2.75, 3.05) is 0 Å². The van der Waals surface area contributed by atoms with Crippen LogP contribution in [0, 0.1) is 29.6 Å². The first-order chi connectivity index (χ1) is 12.2. The third-order valence-electron chi connectivity index (χ3n) is 7.29. The van der Waals surface area contributed by atoms with E-state index in [0.29, 0.717) is 24.2 Å². The second kappa shape index (κ2) is 7.05. The van der Waals surface area contributed by atoms with Crippen LogP contribution in [-0.4, -0.2) is 23.7 Å². The van der Waals surface area contributed by atoms with Gasteiger partial charge >= 0.3 is 29.6 Å². The van der Waals surface area contributed by atoms with E-state index >= 15 is 0 Å². The number of rotatable bonds is 2. The minimum Gasteiger partial charge on any atom is -0.716 e. The number of fused-ring (bicyclic) bond motifs is 5. The molecule has 3 aliphatic carbocycles. The van der Waals surface area contributed by atoms with E-state index in [2.05, 4.69) is 17.0 Å². The van der Waals surface area contributed by atoms with Crippen molar-refractivity contribution < 1.29 is 51.8 Å². The van der Waals surface area contributed by atoms with Gasteiger partial charge in [0.15, 0.2) is 0 Å². The molecule has 4 rings (SSSR count). The van der Waals surface area contributed by atoms with Crippen molar-refractivity contribution in [1.29, 1.82) is 0 Å². The molecule has 5 atom stereocenters. The van der Waals surface area contributed by atoms with Crippen molar-refractivity contribution >= 4 is 10.4 Å². The van der Waals surface area contributed by atoms with Crippen LogP contribution in [0.25, 0.3) is 0 Å². The Morgan fingerprint density at radius 2 is 2.04 bits per heavy atom. The van der Waals surface area contributed by atoms with Crippen molar-refractivity contribution in [3.63, 3.8) is 0 Å². The first-order valence-corrected chi connectivity index (χ1v) is 10.5. The quantitative estimate of drug-likeness (QED) is 0.321. The van der Waals surface area contributed by atoms with E-state index in [4.69, 9.17) is 6.42 Å². The SMILES string of the molecule is C#CC1(O)CCC2C3CCc4cc(OS(=O)(=O)[O-])ccc4C3CCC21C.[Na+]. The third-order valence-corrected chi connectivity index (χ3v) is 7.68. The maximum Gasteiger partial charge on any atom is 1.00 e. The van der Waals surface area contributed by atoms with Gasteiger partial charge in [-0.3, -0.25) is 0 Å². The van der Waals surface area contributed by atoms with Gasteiger partial charge in [-0.05, 0) is 79.5 Å². The van der Waals surface area contributed by atoms with Gasteiger partial charge in [-0.1, -0.05) is 18.9 Å². The molecular formula is C20H23NaO5S. The predicted octanol–water partition coefficient (Wildman–Crippen LogP) is -0.250. The molecule has 0 saturated heterocycles. The van der Waals surface area contributed by atoms with E-state index in [-0.39, 0.29) is 40.7 Å². The molecule has 2 saturated carbocycles. The summed E-state index contributed by atoms with van der Waals surface area (Å²) in [5, 5.41) is 10.9. The summed E-state index contributed by atoms with van der Waals surface area (Å²) < 4.78 is 37.0. The summed E-state index contributed by atoms with van der Waals surface area (Å²) in [6.45, 7) is 2.15. The van der Waals surface area contributed by atoms with Crippen LogP contribution in [0.4, 0.5) is 0 Å². The summed E-state index contributed by atoms with van der Waals surface area (Å²) >= 11 is 0. The molecule has 0 heterocycles. The molecule has 1 N–H and O–H groups in total. The van der Waals surface area contributed by atoms with E-state index in [1.54, 1.807) is 12.1 Å². The van der Waals surface area contributed by atoms with Gasteiger partial charge in [-0.25, -0.2) is 8.42 Å². The maximum atomic E-state index is 10.9.